The average molecular weight is 752 g/mol. The third kappa shape index (κ3) is 6.40. The van der Waals surface area contributed by atoms with Gasteiger partial charge in [-0.3, -0.25) is 14.4 Å². The number of ether oxygens (including phenoxy) is 1. The van der Waals surface area contributed by atoms with E-state index in [1.807, 2.05) is 24.3 Å². The Labute approximate surface area is 323 Å². The summed E-state index contributed by atoms with van der Waals surface area (Å²) >= 11 is 6.45. The Kier molecular flexibility index (Phi) is 10.8. The van der Waals surface area contributed by atoms with Crippen molar-refractivity contribution in [2.24, 2.45) is 56.2 Å². The molecule has 9 atom stereocenters. The third-order valence-corrected chi connectivity index (χ3v) is 16.8. The summed E-state index contributed by atoms with van der Waals surface area (Å²) < 4.78 is 6.24. The van der Waals surface area contributed by atoms with Gasteiger partial charge in [0.15, 0.2) is 11.6 Å². The number of fused-ring (bicyclic) bond motifs is 7. The molecule has 3 N–H and O–H groups in total. The number of rotatable bonds is 11. The number of hydrogen-bond donors (Lipinski definition) is 3. The lowest BCUT2D eigenvalue weighted by molar-refractivity contribution is -0.235. The van der Waals surface area contributed by atoms with Crippen molar-refractivity contribution in [2.75, 3.05) is 13.2 Å². The molecule has 0 bridgehead atoms. The van der Waals surface area contributed by atoms with Crippen LogP contribution in [0.2, 0.25) is 5.02 Å². The standard InChI is InChI=1S/C45H66ClNO6/c1-27(2)38-31(49)22-45(34(50)25-47-24-28-12-10-11-13-30(28)46)21-20-43(8)29(39(38)45)14-15-33-42(7)18-17-36(41(5,6)32(42)16-19-44(33,43)9)53-37(52)23-40(3,4)35(51)26-48/h10-13,27,29,32-34,36,47-48,50H,14-26H2,1-9H3/t29-,32+,33-,34+,36+,42+,43-,44-,45+/m1/s1. The zero-order valence-corrected chi connectivity index (χ0v) is 34.6. The van der Waals surface area contributed by atoms with E-state index in [4.69, 9.17) is 16.3 Å². The number of benzene rings is 1. The number of aliphatic hydroxyl groups is 2. The molecule has 7 nitrogen and oxygen atoms in total. The Morgan fingerprint density at radius 2 is 1.66 bits per heavy atom. The molecule has 5 aliphatic carbocycles. The molecule has 4 saturated carbocycles. The molecule has 0 saturated heterocycles. The SMILES string of the molecule is CC(C)C1=C2[C@H]3CC[C@@H]4[C@@]5(C)CC[C@H](OC(=O)CC(C)(C)C(=O)CO)C(C)(C)[C@@H]5CC[C@@]4(C)[C@]3(C)CC[C@@]2([C@@H](O)CNCc2ccccc2Cl)CC1=O. The van der Waals surface area contributed by atoms with Crippen LogP contribution < -0.4 is 5.32 Å². The van der Waals surface area contributed by atoms with E-state index >= 15 is 0 Å². The van der Waals surface area contributed by atoms with Crippen molar-refractivity contribution in [3.05, 3.63) is 46.0 Å². The minimum absolute atomic E-state index is 0.0174. The summed E-state index contributed by atoms with van der Waals surface area (Å²) in [4.78, 5) is 39.6. The highest BCUT2D eigenvalue weighted by atomic mass is 35.5. The number of allylic oxidation sites excluding steroid dienone is 1. The maximum Gasteiger partial charge on any atom is 0.307 e. The summed E-state index contributed by atoms with van der Waals surface area (Å²) in [6.07, 6.45) is 7.28. The van der Waals surface area contributed by atoms with E-state index in [0.29, 0.717) is 36.4 Å². The summed E-state index contributed by atoms with van der Waals surface area (Å²) in [5.74, 6) is 0.731. The quantitative estimate of drug-likeness (QED) is 0.194. The number of Topliss-reactive ketones (excluding diaryl/α,β-unsaturated/α-hetero) is 2. The molecule has 0 radical (unpaired) electrons. The highest BCUT2D eigenvalue weighted by Gasteiger charge is 2.70. The van der Waals surface area contributed by atoms with Gasteiger partial charge in [0.25, 0.3) is 0 Å². The number of aliphatic hydroxyl groups excluding tert-OH is 2. The van der Waals surface area contributed by atoms with Gasteiger partial charge in [0, 0.05) is 40.8 Å². The first-order chi connectivity index (χ1) is 24.7. The van der Waals surface area contributed by atoms with Crippen LogP contribution in [0.4, 0.5) is 0 Å². The summed E-state index contributed by atoms with van der Waals surface area (Å²) in [7, 11) is 0. The fourth-order valence-corrected chi connectivity index (χ4v) is 13.5. The first-order valence-electron chi connectivity index (χ1n) is 20.4. The summed E-state index contributed by atoms with van der Waals surface area (Å²) in [5.41, 5.74) is 1.63. The average Bonchev–Trinajstić information content (AvgIpc) is 3.39. The van der Waals surface area contributed by atoms with Crippen LogP contribution in [0.5, 0.6) is 0 Å². The summed E-state index contributed by atoms with van der Waals surface area (Å²) in [6, 6.07) is 7.80. The van der Waals surface area contributed by atoms with Crippen LogP contribution in [-0.2, 0) is 25.7 Å². The Morgan fingerprint density at radius 1 is 0.962 bits per heavy atom. The van der Waals surface area contributed by atoms with Crippen LogP contribution in [0.3, 0.4) is 0 Å². The van der Waals surface area contributed by atoms with E-state index in [1.54, 1.807) is 13.8 Å². The summed E-state index contributed by atoms with van der Waals surface area (Å²) in [5, 5.41) is 25.8. The van der Waals surface area contributed by atoms with Crippen LogP contribution in [0.25, 0.3) is 0 Å². The van der Waals surface area contributed by atoms with E-state index in [-0.39, 0.29) is 63.6 Å². The number of hydrogen-bond acceptors (Lipinski definition) is 7. The van der Waals surface area contributed by atoms with Crippen molar-refractivity contribution in [2.45, 2.75) is 145 Å². The van der Waals surface area contributed by atoms with Gasteiger partial charge in [0.05, 0.1) is 12.5 Å². The molecular weight excluding hydrogens is 686 g/mol. The van der Waals surface area contributed by atoms with Crippen molar-refractivity contribution in [3.63, 3.8) is 0 Å². The predicted molar refractivity (Wildman–Crippen MR) is 209 cm³/mol. The minimum atomic E-state index is -0.963. The fourth-order valence-electron chi connectivity index (χ4n) is 13.3. The van der Waals surface area contributed by atoms with Crippen LogP contribution in [0.15, 0.2) is 35.4 Å². The molecule has 0 unspecified atom stereocenters. The zero-order valence-electron chi connectivity index (χ0n) is 33.9. The van der Waals surface area contributed by atoms with Gasteiger partial charge in [-0.1, -0.05) is 97.7 Å². The molecule has 6 rings (SSSR count). The monoisotopic (exact) mass is 751 g/mol. The highest BCUT2D eigenvalue weighted by molar-refractivity contribution is 6.31. The second-order valence-corrected chi connectivity index (χ2v) is 20.5. The van der Waals surface area contributed by atoms with Crippen LogP contribution in [0, 0.1) is 56.2 Å². The van der Waals surface area contributed by atoms with Crippen LogP contribution in [-0.4, -0.2) is 53.1 Å². The molecule has 0 amide bonds. The molecule has 4 fully saturated rings. The maximum atomic E-state index is 14.0. The lowest BCUT2D eigenvalue weighted by Crippen LogP contribution is -2.66. The third-order valence-electron chi connectivity index (χ3n) is 16.4. The Morgan fingerprint density at radius 3 is 2.32 bits per heavy atom. The smallest absolute Gasteiger partial charge is 0.307 e. The number of nitrogens with one attached hydrogen (secondary N) is 1. The summed E-state index contributed by atoms with van der Waals surface area (Å²) in [6.45, 7) is 20.3. The van der Waals surface area contributed by atoms with Gasteiger partial charge in [-0.05, 0) is 108 Å². The van der Waals surface area contributed by atoms with Gasteiger partial charge < -0.3 is 20.3 Å². The topological polar surface area (TPSA) is 113 Å². The molecule has 0 spiro atoms. The van der Waals surface area contributed by atoms with E-state index in [0.717, 1.165) is 62.5 Å². The van der Waals surface area contributed by atoms with Gasteiger partial charge >= 0.3 is 5.97 Å². The molecule has 0 aliphatic heterocycles. The van der Waals surface area contributed by atoms with Gasteiger partial charge in [-0.15, -0.1) is 0 Å². The maximum absolute atomic E-state index is 14.0. The molecule has 0 aromatic heterocycles. The van der Waals surface area contributed by atoms with Gasteiger partial charge in [-0.25, -0.2) is 0 Å². The molecule has 8 heteroatoms. The Hall–Kier alpha value is -2.06. The second kappa shape index (κ2) is 14.2. The molecule has 294 valence electrons. The van der Waals surface area contributed by atoms with Crippen molar-refractivity contribution >= 4 is 29.1 Å². The van der Waals surface area contributed by atoms with Crippen LogP contribution >= 0.6 is 11.6 Å². The number of esters is 1. The van der Waals surface area contributed by atoms with Crippen molar-refractivity contribution < 1.29 is 29.3 Å². The number of halogens is 1. The second-order valence-electron chi connectivity index (χ2n) is 20.1. The fraction of sp³-hybridized carbons (Fsp3) is 0.756. The van der Waals surface area contributed by atoms with Gasteiger partial charge in [0.1, 0.15) is 12.7 Å². The molecule has 0 heterocycles. The van der Waals surface area contributed by atoms with Crippen molar-refractivity contribution in [3.8, 4) is 0 Å². The zero-order chi connectivity index (χ0) is 38.9. The number of carbonyl (C=O) groups excluding carboxylic acids is 3. The van der Waals surface area contributed by atoms with Gasteiger partial charge in [-0.2, -0.15) is 0 Å². The number of ketones is 2. The van der Waals surface area contributed by atoms with E-state index in [1.165, 1.54) is 5.57 Å². The molecule has 1 aromatic carbocycles. The van der Waals surface area contributed by atoms with Crippen molar-refractivity contribution in [1.82, 2.24) is 5.32 Å². The van der Waals surface area contributed by atoms with E-state index in [2.05, 4.69) is 53.8 Å². The first kappa shape index (κ1) is 40.6. The van der Waals surface area contributed by atoms with Gasteiger partial charge in [0.2, 0.25) is 0 Å². The Bertz CT molecular complexity index is 1650. The predicted octanol–water partition coefficient (Wildman–Crippen LogP) is 8.66. The van der Waals surface area contributed by atoms with Crippen molar-refractivity contribution in [1.29, 1.82) is 0 Å². The largest absolute Gasteiger partial charge is 0.462 e. The van der Waals surface area contributed by atoms with E-state index in [9.17, 15) is 24.6 Å². The molecule has 53 heavy (non-hydrogen) atoms. The lowest BCUT2D eigenvalue weighted by atomic mass is 9.33. The molecule has 1 aromatic rings. The highest BCUT2D eigenvalue weighted by Crippen LogP contribution is 2.77. The normalized spacial score (nSPS) is 37.0. The first-order valence-corrected chi connectivity index (χ1v) is 20.8. The molecule has 5 aliphatic rings. The Balaban J connectivity index is 1.25. The lowest BCUT2D eigenvalue weighted by Gasteiger charge is -2.72. The molecular formula is C45H66ClNO6. The van der Waals surface area contributed by atoms with Crippen LogP contribution in [0.1, 0.15) is 132 Å². The van der Waals surface area contributed by atoms with E-state index < -0.39 is 23.5 Å². The number of carbonyl (C=O) groups is 3. The minimum Gasteiger partial charge on any atom is -0.462 e.